The van der Waals surface area contributed by atoms with E-state index in [4.69, 9.17) is 10.7 Å². The molecule has 2 N–H and O–H groups in total. The normalized spacial score (nSPS) is 12.0. The Morgan fingerprint density at radius 2 is 1.78 bits per heavy atom. The summed E-state index contributed by atoms with van der Waals surface area (Å²) in [5, 5.41) is 1.13. The quantitative estimate of drug-likeness (QED) is 0.304. The van der Waals surface area contributed by atoms with E-state index < -0.39 is 0 Å². The number of pyridine rings is 1. The Morgan fingerprint density at radius 3 is 2.53 bits per heavy atom. The van der Waals surface area contributed by atoms with Crippen molar-refractivity contribution in [3.05, 3.63) is 113 Å². The van der Waals surface area contributed by atoms with Gasteiger partial charge in [0.15, 0.2) is 0 Å². The Hall–Kier alpha value is -3.57. The number of halogens is 1. The maximum absolute atomic E-state index is 14.2. The minimum Gasteiger partial charge on any atom is -0.338 e. The number of nitrogens with two attached hydrogens (primary N) is 1. The number of carbonyl (C=O) groups excluding carboxylic acids is 1. The van der Waals surface area contributed by atoms with Gasteiger partial charge in [-0.15, -0.1) is 0 Å². The number of aromatic nitrogens is 1. The Labute approximate surface area is 213 Å². The van der Waals surface area contributed by atoms with Gasteiger partial charge in [0.1, 0.15) is 5.82 Å². The molecular weight excluding hydrogens is 449 g/mol. The highest BCUT2D eigenvalue weighted by molar-refractivity contribution is 5.94. The fraction of sp³-hybridized carbons (Fsp3) is 0.290. The van der Waals surface area contributed by atoms with E-state index in [2.05, 4.69) is 43.3 Å². The minimum atomic E-state index is -0.362. The van der Waals surface area contributed by atoms with Crippen molar-refractivity contribution in [2.45, 2.75) is 33.1 Å². The average molecular weight is 484 g/mol. The van der Waals surface area contributed by atoms with Gasteiger partial charge in [-0.3, -0.25) is 9.78 Å². The van der Waals surface area contributed by atoms with Crippen molar-refractivity contribution in [1.29, 1.82) is 0 Å². The zero-order valence-electron chi connectivity index (χ0n) is 21.1. The third kappa shape index (κ3) is 6.35. The summed E-state index contributed by atoms with van der Waals surface area (Å²) in [6.07, 6.45) is 2.24. The van der Waals surface area contributed by atoms with Crippen molar-refractivity contribution < 1.29 is 9.18 Å². The Bertz CT molecular complexity index is 1320. The Kier molecular flexibility index (Phi) is 8.44. The lowest BCUT2D eigenvalue weighted by Crippen LogP contribution is -2.37. The predicted molar refractivity (Wildman–Crippen MR) is 145 cm³/mol. The lowest BCUT2D eigenvalue weighted by atomic mass is 9.95. The van der Waals surface area contributed by atoms with E-state index in [-0.39, 0.29) is 17.6 Å². The molecule has 3 aromatic carbocycles. The molecule has 4 aromatic rings. The molecule has 0 radical (unpaired) electrons. The number of aryl methyl sites for hydroxylation is 1. The van der Waals surface area contributed by atoms with Crippen LogP contribution in [0.5, 0.6) is 0 Å². The summed E-state index contributed by atoms with van der Waals surface area (Å²) in [5.74, 6) is -0.367. The van der Waals surface area contributed by atoms with E-state index in [1.54, 1.807) is 24.0 Å². The summed E-state index contributed by atoms with van der Waals surface area (Å²) in [7, 11) is 0. The van der Waals surface area contributed by atoms with Crippen molar-refractivity contribution in [3.8, 4) is 0 Å². The number of carbonyl (C=O) groups is 1. The van der Waals surface area contributed by atoms with Crippen molar-refractivity contribution in [2.24, 2.45) is 11.7 Å². The van der Waals surface area contributed by atoms with Gasteiger partial charge < -0.3 is 10.6 Å². The van der Waals surface area contributed by atoms with Crippen LogP contribution in [0.2, 0.25) is 0 Å². The van der Waals surface area contributed by atoms with Gasteiger partial charge >= 0.3 is 0 Å². The summed E-state index contributed by atoms with van der Waals surface area (Å²) in [6.45, 7) is 5.42. The topological polar surface area (TPSA) is 59.2 Å². The number of fused-ring (bicyclic) bond motifs is 1. The van der Waals surface area contributed by atoms with E-state index in [1.165, 1.54) is 17.2 Å². The van der Waals surface area contributed by atoms with Crippen LogP contribution in [-0.4, -0.2) is 35.4 Å². The van der Waals surface area contributed by atoms with Gasteiger partial charge in [-0.25, -0.2) is 4.39 Å². The molecule has 1 amide bonds. The fourth-order valence-electron chi connectivity index (χ4n) is 4.58. The molecule has 0 bridgehead atoms. The molecule has 0 aliphatic rings. The highest BCUT2D eigenvalue weighted by Crippen LogP contribution is 2.23. The molecule has 0 saturated heterocycles. The van der Waals surface area contributed by atoms with E-state index >= 15 is 0 Å². The Balaban J connectivity index is 1.57. The van der Waals surface area contributed by atoms with Crippen LogP contribution in [0.1, 0.15) is 46.1 Å². The van der Waals surface area contributed by atoms with Gasteiger partial charge in [-0.1, -0.05) is 61.5 Å². The van der Waals surface area contributed by atoms with Crippen LogP contribution < -0.4 is 5.73 Å². The first-order chi connectivity index (χ1) is 17.4. The van der Waals surface area contributed by atoms with Crippen LogP contribution in [0, 0.1) is 18.7 Å². The molecule has 5 heteroatoms. The number of nitrogens with zero attached hydrogens (tertiary/aromatic N) is 2. The molecule has 4 nitrogen and oxygen atoms in total. The van der Waals surface area contributed by atoms with Crippen molar-refractivity contribution in [3.63, 3.8) is 0 Å². The van der Waals surface area contributed by atoms with Gasteiger partial charge in [0.25, 0.3) is 5.91 Å². The van der Waals surface area contributed by atoms with Crippen LogP contribution in [0.4, 0.5) is 4.39 Å². The average Bonchev–Trinajstić information content (AvgIpc) is 2.88. The number of hydrogen-bond donors (Lipinski definition) is 1. The molecule has 1 unspecified atom stereocenters. The molecular formula is C31H34FN3O. The molecule has 1 aromatic heterocycles. The zero-order chi connectivity index (χ0) is 25.5. The van der Waals surface area contributed by atoms with E-state index in [9.17, 15) is 9.18 Å². The summed E-state index contributed by atoms with van der Waals surface area (Å²) in [5.41, 5.74) is 11.1. The molecule has 4 rings (SSSR count). The minimum absolute atomic E-state index is 0.158. The third-order valence-corrected chi connectivity index (χ3v) is 6.54. The summed E-state index contributed by atoms with van der Waals surface area (Å²) in [4.78, 5) is 20.1. The summed E-state index contributed by atoms with van der Waals surface area (Å²) < 4.78 is 14.2. The van der Waals surface area contributed by atoms with Gasteiger partial charge in [0.05, 0.1) is 5.52 Å². The number of hydrogen-bond acceptors (Lipinski definition) is 3. The first kappa shape index (κ1) is 25.5. The van der Waals surface area contributed by atoms with E-state index in [0.717, 1.165) is 29.4 Å². The zero-order valence-corrected chi connectivity index (χ0v) is 21.1. The largest absolute Gasteiger partial charge is 0.338 e. The summed E-state index contributed by atoms with van der Waals surface area (Å²) >= 11 is 0. The molecule has 0 spiro atoms. The van der Waals surface area contributed by atoms with Crippen LogP contribution in [-0.2, 0) is 12.8 Å². The monoisotopic (exact) mass is 483 g/mol. The molecule has 0 fully saturated rings. The van der Waals surface area contributed by atoms with Gasteiger partial charge in [0.2, 0.25) is 0 Å². The molecule has 0 aliphatic heterocycles. The maximum Gasteiger partial charge on any atom is 0.253 e. The lowest BCUT2D eigenvalue weighted by Gasteiger charge is -2.26. The number of para-hydroxylation sites is 1. The van der Waals surface area contributed by atoms with Gasteiger partial charge in [-0.05, 0) is 79.6 Å². The molecule has 36 heavy (non-hydrogen) atoms. The molecule has 0 saturated carbocycles. The van der Waals surface area contributed by atoms with Crippen LogP contribution in [0.15, 0.2) is 78.9 Å². The first-order valence-electron chi connectivity index (χ1n) is 12.6. The van der Waals surface area contributed by atoms with E-state index in [0.29, 0.717) is 37.2 Å². The second-order valence-electron chi connectivity index (χ2n) is 9.62. The number of benzene rings is 3. The molecule has 1 heterocycles. The standard InChI is InChI=1S/C31H34FN3O/c1-22(21-35(16-8-15-33)31(36)26-14-13-23(2)28(32)20-26)17-30-27(18-24-9-4-3-5-10-24)19-25-11-6-7-12-29(25)34-30/h3-7,9-14,19-20,22H,8,15-18,21,33H2,1-2H3. The van der Waals surface area contributed by atoms with Gasteiger partial charge in [0, 0.05) is 29.7 Å². The van der Waals surface area contributed by atoms with E-state index in [1.807, 2.05) is 24.3 Å². The molecule has 1 atom stereocenters. The SMILES string of the molecule is Cc1ccc(C(=O)N(CCCN)CC(C)Cc2nc3ccccc3cc2Cc2ccccc2)cc1F. The second-order valence-corrected chi connectivity index (χ2v) is 9.62. The Morgan fingerprint density at radius 1 is 1.03 bits per heavy atom. The van der Waals surface area contributed by atoms with Crippen LogP contribution >= 0.6 is 0 Å². The van der Waals surface area contributed by atoms with Gasteiger partial charge in [-0.2, -0.15) is 0 Å². The highest BCUT2D eigenvalue weighted by atomic mass is 19.1. The van der Waals surface area contributed by atoms with Crippen LogP contribution in [0.25, 0.3) is 10.9 Å². The highest BCUT2D eigenvalue weighted by Gasteiger charge is 2.20. The maximum atomic E-state index is 14.2. The van der Waals surface area contributed by atoms with Crippen molar-refractivity contribution in [1.82, 2.24) is 9.88 Å². The fourth-order valence-corrected chi connectivity index (χ4v) is 4.58. The molecule has 186 valence electrons. The number of rotatable bonds is 10. The van der Waals surface area contributed by atoms with Crippen LogP contribution in [0.3, 0.4) is 0 Å². The van der Waals surface area contributed by atoms with Crippen molar-refractivity contribution in [2.75, 3.05) is 19.6 Å². The van der Waals surface area contributed by atoms with Crippen molar-refractivity contribution >= 4 is 16.8 Å². The smallest absolute Gasteiger partial charge is 0.253 e. The molecule has 0 aliphatic carbocycles. The lowest BCUT2D eigenvalue weighted by molar-refractivity contribution is 0.0730. The second kappa shape index (κ2) is 11.9. The number of amides is 1. The summed E-state index contributed by atoms with van der Waals surface area (Å²) in [6, 6.07) is 25.5. The predicted octanol–water partition coefficient (Wildman–Crippen LogP) is 5.94. The first-order valence-corrected chi connectivity index (χ1v) is 12.6. The third-order valence-electron chi connectivity index (χ3n) is 6.54.